The van der Waals surface area contributed by atoms with E-state index in [4.69, 9.17) is 56.6 Å². The van der Waals surface area contributed by atoms with Crippen molar-refractivity contribution < 1.29 is 214 Å². The van der Waals surface area contributed by atoms with Crippen LogP contribution in [0.4, 0.5) is 0 Å². The van der Waals surface area contributed by atoms with E-state index in [0.717, 1.165) is 0 Å². The van der Waals surface area contributed by atoms with Gasteiger partial charge in [0, 0.05) is 0 Å². The molecule has 0 radical (unpaired) electrons. The first kappa shape index (κ1) is 50.9. The summed E-state index contributed by atoms with van der Waals surface area (Å²) in [5.74, 6) is -10.2. The van der Waals surface area contributed by atoms with Crippen molar-refractivity contribution in [3.8, 4) is 0 Å². The van der Waals surface area contributed by atoms with Crippen LogP contribution in [0.25, 0.3) is 0 Å². The second-order valence-corrected chi connectivity index (χ2v) is 20.1. The fourth-order valence-corrected chi connectivity index (χ4v) is 16.5. The van der Waals surface area contributed by atoms with Crippen LogP contribution < -0.4 is 103 Å². The Morgan fingerprint density at radius 2 is 0.551 bits per heavy atom. The van der Waals surface area contributed by atoms with Gasteiger partial charge in [0.15, 0.2) is 0 Å². The second-order valence-electron chi connectivity index (χ2n) is 8.10. The largest absolute Gasteiger partial charge is 1.00 e. The van der Waals surface area contributed by atoms with Crippen LogP contribution in [0, 0.1) is 0 Å². The third kappa shape index (κ3) is 11.9. The van der Waals surface area contributed by atoms with Gasteiger partial charge in [-0.15, -0.1) is 0 Å². The predicted octanol–water partition coefficient (Wildman–Crippen LogP) is -14.9. The van der Waals surface area contributed by atoms with Gasteiger partial charge in [-0.05, 0) is 0 Å². The molecule has 10 N–H and O–H groups in total. The summed E-state index contributed by atoms with van der Waals surface area (Å²) < 4.78 is 59.6. The van der Waals surface area contributed by atoms with E-state index in [1.807, 2.05) is 0 Å². The van der Waals surface area contributed by atoms with Gasteiger partial charge in [-0.1, -0.05) is 0 Å². The van der Waals surface area contributed by atoms with E-state index in [9.17, 15) is 38.4 Å². The van der Waals surface area contributed by atoms with Gasteiger partial charge in [-0.25, -0.2) is 0 Å². The van der Waals surface area contributed by atoms with Gasteiger partial charge in [-0.2, -0.15) is 0 Å². The van der Waals surface area contributed by atoms with Crippen LogP contribution in [0.2, 0.25) is 0 Å². The molecule has 0 aliphatic carbocycles. The Hall–Kier alpha value is 1.87. The van der Waals surface area contributed by atoms with E-state index < -0.39 is 182 Å². The van der Waals surface area contributed by atoms with Crippen LogP contribution in [0.1, 0.15) is 0 Å². The van der Waals surface area contributed by atoms with E-state index >= 15 is 0 Å². The summed E-state index contributed by atoms with van der Waals surface area (Å²) in [5, 5.41) is 36.4. The molecule has 33 heteroatoms. The average molecular weight is 1210 g/mol. The van der Waals surface area contributed by atoms with Crippen molar-refractivity contribution in [1.82, 2.24) is 0 Å². The Morgan fingerprint density at radius 3 is 0.694 bits per heavy atom. The van der Waals surface area contributed by atoms with E-state index in [1.165, 1.54) is 0 Å². The number of aliphatic carboxylic acids is 4. The molecule has 0 aromatic carbocycles. The zero-order chi connectivity index (χ0) is 32.0. The minimum Gasteiger partial charge on any atom is 1.00 e. The maximum atomic E-state index is 11.6. The Balaban J connectivity index is 0.000000853. The molecule has 27 nitrogen and oxygen atoms in total. The summed E-state index contributed by atoms with van der Waals surface area (Å²) in [6.45, 7) is 0. The van der Waals surface area contributed by atoms with E-state index in [0.29, 0.717) is 0 Å². The summed E-state index contributed by atoms with van der Waals surface area (Å²) in [5.41, 5.74) is 0. The maximum absolute atomic E-state index is 11.6. The maximum Gasteiger partial charge on any atom is 1.00 e. The first-order valence-electron chi connectivity index (χ1n) is 11.1. The fourth-order valence-electron chi connectivity index (χ4n) is 3.32. The number of carboxylic acids is 4. The van der Waals surface area contributed by atoms with Crippen molar-refractivity contribution in [2.45, 2.75) is 48.8 Å². The quantitative estimate of drug-likeness (QED) is 0.190. The molecule has 0 amide bonds. The second kappa shape index (κ2) is 21.8. The molecule has 6 fully saturated rings. The molecular formula is C16H18K2O27Sb4+2. The molecule has 0 aromatic heterocycles. The van der Waals surface area contributed by atoms with E-state index in [2.05, 4.69) is 0 Å². The molecule has 6 aliphatic heterocycles. The van der Waals surface area contributed by atoms with E-state index in [-0.39, 0.29) is 119 Å². The van der Waals surface area contributed by atoms with Gasteiger partial charge in [-0.3, -0.25) is 0 Å². The fraction of sp³-hybridized carbons (Fsp3) is 0.500. The summed E-state index contributed by atoms with van der Waals surface area (Å²) in [7, 11) is 0. The van der Waals surface area contributed by atoms with Crippen LogP contribution in [-0.4, -0.2) is 219 Å². The van der Waals surface area contributed by atoms with Crippen molar-refractivity contribution in [3.63, 3.8) is 0 Å². The summed E-state index contributed by atoms with van der Waals surface area (Å²) in [6, 6.07) is 0. The molecule has 8 bridgehead atoms. The average Bonchev–Trinajstić information content (AvgIpc) is 3.68. The zero-order valence-electron chi connectivity index (χ0n) is 23.9. The Labute approximate surface area is 389 Å². The van der Waals surface area contributed by atoms with Crippen molar-refractivity contribution >= 4 is 134 Å². The third-order valence-corrected chi connectivity index (χ3v) is 18.1. The molecule has 264 valence electrons. The Kier molecular flexibility index (Phi) is 22.7. The summed E-state index contributed by atoms with van der Waals surface area (Å²) >= 11 is -15.2. The number of hydrogen-bond acceptors (Lipinski definition) is 20. The van der Waals surface area contributed by atoms with Crippen molar-refractivity contribution in [2.24, 2.45) is 0 Å². The molecule has 0 aromatic rings. The van der Waals surface area contributed by atoms with Gasteiger partial charge < -0.3 is 16.4 Å². The molecule has 6 saturated heterocycles. The molecule has 6 rings (SSSR count). The predicted molar refractivity (Wildman–Crippen MR) is 128 cm³/mol. The Morgan fingerprint density at radius 1 is 0.388 bits per heavy atom. The van der Waals surface area contributed by atoms with Crippen LogP contribution in [0.15, 0.2) is 0 Å². The van der Waals surface area contributed by atoms with Crippen molar-refractivity contribution in [3.05, 3.63) is 0 Å². The minimum atomic E-state index is -3.79. The SMILES string of the molecule is O.O.O.O=C(O)C1[O][Sb]2[O]C(=O)C([O]2)C(C(=O)O)[O][Sb]2[O]C(=O)C1[O]2.O=C(O)C1[O][Sb]2[O]C(=O)C([O]2)C(C(=O)O)[O][Sb]2[O]C(=O)C1[O]2.[K+].[K+]. The van der Waals surface area contributed by atoms with Gasteiger partial charge in [0.25, 0.3) is 0 Å². The number of hydrogen-bond donors (Lipinski definition) is 4. The summed E-state index contributed by atoms with van der Waals surface area (Å²) in [6.07, 6.45) is -13.6. The van der Waals surface area contributed by atoms with Crippen molar-refractivity contribution in [2.75, 3.05) is 0 Å². The number of carbonyl (C=O) groups is 8. The number of rotatable bonds is 4. The number of fused-ring (bicyclic) bond motifs is 8. The molecule has 8 unspecified atom stereocenters. The monoisotopic (exact) mass is 1200 g/mol. The molecule has 8 atom stereocenters. The normalized spacial score (nSPS) is 32.2. The van der Waals surface area contributed by atoms with Crippen LogP contribution in [0.3, 0.4) is 0 Å². The van der Waals surface area contributed by atoms with Crippen LogP contribution in [-0.2, 0) is 74.5 Å². The van der Waals surface area contributed by atoms with Gasteiger partial charge >= 0.3 is 380 Å². The van der Waals surface area contributed by atoms with Gasteiger partial charge in [0.1, 0.15) is 0 Å². The molecule has 6 heterocycles. The molecular weight excluding hydrogens is 1190 g/mol. The Bertz CT molecular complexity index is 1110. The molecule has 0 saturated carbocycles. The number of carboxylic acid groups (broad SMARTS) is 4. The van der Waals surface area contributed by atoms with Crippen LogP contribution >= 0.6 is 0 Å². The van der Waals surface area contributed by atoms with E-state index in [1.54, 1.807) is 0 Å². The zero-order valence-corrected chi connectivity index (χ0v) is 40.3. The molecule has 0 spiro atoms. The minimum absolute atomic E-state index is 0. The standard InChI is InChI=1S/4C4H4O6.2K.3H2O.4Sb/c4*5-1(3(7)8)2(6)4(9)10;;;;;;;;;/h4*1-2H,(H,7,8)(H,9,10);;;3*1H2;;;;/q4*-2;2*+1;;;;4*+3/p-4. The molecule has 6 aliphatic rings. The smallest absolute Gasteiger partial charge is 1.00 e. The third-order valence-electron chi connectivity index (χ3n) is 5.26. The first-order chi connectivity index (χ1) is 20.7. The number of carbonyl (C=O) groups excluding carboxylic acids is 4. The van der Waals surface area contributed by atoms with Crippen LogP contribution in [0.5, 0.6) is 0 Å². The van der Waals surface area contributed by atoms with Gasteiger partial charge in [0.2, 0.25) is 0 Å². The summed E-state index contributed by atoms with van der Waals surface area (Å²) in [4.78, 5) is 91.3. The van der Waals surface area contributed by atoms with Crippen molar-refractivity contribution in [1.29, 1.82) is 0 Å². The van der Waals surface area contributed by atoms with Gasteiger partial charge in [0.05, 0.1) is 0 Å². The first-order valence-corrected chi connectivity index (χ1v) is 23.6. The topological polar surface area (TPSA) is 423 Å². The molecule has 49 heavy (non-hydrogen) atoms.